The molecule has 4 atom stereocenters. The van der Waals surface area contributed by atoms with Crippen molar-refractivity contribution >= 4 is 23.7 Å². The van der Waals surface area contributed by atoms with Crippen molar-refractivity contribution in [2.45, 2.75) is 38.6 Å². The molecule has 7 nitrogen and oxygen atoms in total. The molecule has 0 spiro atoms. The number of carboxylic acids is 1. The number of carbonyl (C=O) groups is 4. The van der Waals surface area contributed by atoms with Gasteiger partial charge in [-0.25, -0.2) is 0 Å². The summed E-state index contributed by atoms with van der Waals surface area (Å²) in [6.07, 6.45) is 1.78. The Balaban J connectivity index is 2.04. The first-order valence-electron chi connectivity index (χ1n) is 7.18. The first kappa shape index (κ1) is 15.5. The second kappa shape index (κ2) is 5.83. The maximum absolute atomic E-state index is 12.3. The maximum atomic E-state index is 12.3. The van der Waals surface area contributed by atoms with Gasteiger partial charge in [0.15, 0.2) is 0 Å². The molecule has 21 heavy (non-hydrogen) atoms. The van der Waals surface area contributed by atoms with Crippen LogP contribution in [-0.4, -0.2) is 46.8 Å². The Morgan fingerprint density at radius 3 is 2.38 bits per heavy atom. The smallest absolute Gasteiger partial charge is 0.307 e. The highest BCUT2D eigenvalue weighted by Crippen LogP contribution is 2.38. The van der Waals surface area contributed by atoms with Crippen molar-refractivity contribution < 1.29 is 24.3 Å². The number of carbonyl (C=O) groups excluding carboxylic acids is 3. The fourth-order valence-electron chi connectivity index (χ4n) is 3.19. The number of aliphatic carboxylic acids is 1. The molecular formula is C14H20N2O5. The molecule has 1 saturated heterocycles. The van der Waals surface area contributed by atoms with Crippen molar-refractivity contribution in [1.29, 1.82) is 0 Å². The Bertz CT molecular complexity index is 490. The first-order chi connectivity index (χ1) is 9.85. The van der Waals surface area contributed by atoms with E-state index in [1.165, 1.54) is 7.05 Å². The Kier molecular flexibility index (Phi) is 4.29. The normalized spacial score (nSPS) is 32.6. The molecule has 2 unspecified atom stereocenters. The minimum absolute atomic E-state index is 0.0528. The summed E-state index contributed by atoms with van der Waals surface area (Å²) in [6.45, 7) is 1.97. The van der Waals surface area contributed by atoms with Crippen LogP contribution in [-0.2, 0) is 19.2 Å². The maximum Gasteiger partial charge on any atom is 0.307 e. The van der Waals surface area contributed by atoms with Crippen LogP contribution in [0, 0.1) is 17.8 Å². The Labute approximate surface area is 122 Å². The van der Waals surface area contributed by atoms with E-state index in [0.717, 1.165) is 11.3 Å². The van der Waals surface area contributed by atoms with Crippen molar-refractivity contribution in [3.63, 3.8) is 0 Å². The van der Waals surface area contributed by atoms with Crippen molar-refractivity contribution in [3.05, 3.63) is 0 Å². The quantitative estimate of drug-likeness (QED) is 0.710. The van der Waals surface area contributed by atoms with Gasteiger partial charge in [-0.2, -0.15) is 0 Å². The van der Waals surface area contributed by atoms with Gasteiger partial charge in [0.2, 0.25) is 11.8 Å². The van der Waals surface area contributed by atoms with Crippen LogP contribution in [0.25, 0.3) is 0 Å². The van der Waals surface area contributed by atoms with Crippen LogP contribution in [0.15, 0.2) is 0 Å². The van der Waals surface area contributed by atoms with Gasteiger partial charge in [-0.1, -0.05) is 13.3 Å². The molecule has 2 rings (SSSR count). The van der Waals surface area contributed by atoms with Crippen LogP contribution in [0.4, 0.5) is 0 Å². The number of likely N-dealkylation sites (tertiary alicyclic amines) is 1. The van der Waals surface area contributed by atoms with Crippen LogP contribution in [0.5, 0.6) is 0 Å². The summed E-state index contributed by atoms with van der Waals surface area (Å²) in [5, 5.41) is 11.8. The number of amides is 3. The lowest BCUT2D eigenvalue weighted by Gasteiger charge is -2.18. The second-order valence-corrected chi connectivity index (χ2v) is 5.85. The monoisotopic (exact) mass is 296 g/mol. The van der Waals surface area contributed by atoms with E-state index in [1.54, 1.807) is 0 Å². The minimum Gasteiger partial charge on any atom is -0.481 e. The predicted octanol–water partition coefficient (Wildman–Crippen LogP) is -0.00310. The van der Waals surface area contributed by atoms with Gasteiger partial charge >= 0.3 is 5.97 Å². The van der Waals surface area contributed by atoms with Crippen LogP contribution in [0.1, 0.15) is 32.6 Å². The average Bonchev–Trinajstić information content (AvgIpc) is 2.97. The molecule has 7 heteroatoms. The molecule has 1 saturated carbocycles. The lowest BCUT2D eigenvalue weighted by molar-refractivity contribution is -0.146. The van der Waals surface area contributed by atoms with Crippen molar-refractivity contribution in [2.24, 2.45) is 17.8 Å². The molecule has 2 N–H and O–H groups in total. The summed E-state index contributed by atoms with van der Waals surface area (Å²) < 4.78 is 0. The van der Waals surface area contributed by atoms with Crippen LogP contribution in [0.3, 0.4) is 0 Å². The second-order valence-electron chi connectivity index (χ2n) is 5.85. The van der Waals surface area contributed by atoms with Gasteiger partial charge in [0.1, 0.15) is 6.04 Å². The summed E-state index contributed by atoms with van der Waals surface area (Å²) in [5.41, 5.74) is 0. The number of imide groups is 1. The summed E-state index contributed by atoms with van der Waals surface area (Å²) in [7, 11) is 1.37. The van der Waals surface area contributed by atoms with E-state index in [1.807, 2.05) is 6.92 Å². The standard InChI is InChI=1S/C14H20N2O5/c1-3-7-4-8(9(5-7)14(20)21)12(18)15-10-6-11(17)16(2)13(10)19/h7-10H,3-6H2,1-2H3,(H,15,18)(H,20,21)/t7?,8-,9+,10?/m0/s1. The van der Waals surface area contributed by atoms with E-state index in [0.29, 0.717) is 12.8 Å². The first-order valence-corrected chi connectivity index (χ1v) is 7.18. The highest BCUT2D eigenvalue weighted by molar-refractivity contribution is 6.06. The number of nitrogens with zero attached hydrogens (tertiary/aromatic N) is 1. The highest BCUT2D eigenvalue weighted by Gasteiger charge is 2.44. The zero-order chi connectivity index (χ0) is 15.7. The molecule has 2 aliphatic rings. The molecule has 0 aromatic carbocycles. The number of likely N-dealkylation sites (N-methyl/N-ethyl adjacent to an activating group) is 1. The van der Waals surface area contributed by atoms with Crippen LogP contribution < -0.4 is 5.32 Å². The molecule has 0 aromatic rings. The van der Waals surface area contributed by atoms with E-state index < -0.39 is 35.7 Å². The van der Waals surface area contributed by atoms with Gasteiger partial charge in [0, 0.05) is 7.05 Å². The van der Waals surface area contributed by atoms with E-state index in [9.17, 15) is 24.3 Å². The number of rotatable bonds is 4. The van der Waals surface area contributed by atoms with Crippen molar-refractivity contribution in [3.8, 4) is 0 Å². The summed E-state index contributed by atoms with van der Waals surface area (Å²) in [4.78, 5) is 47.7. The number of hydrogen-bond donors (Lipinski definition) is 2. The molecule has 1 heterocycles. The third-order valence-corrected chi connectivity index (χ3v) is 4.59. The van der Waals surface area contributed by atoms with E-state index in [4.69, 9.17) is 0 Å². The number of nitrogens with one attached hydrogen (secondary N) is 1. The Morgan fingerprint density at radius 2 is 1.90 bits per heavy atom. The summed E-state index contributed by atoms with van der Waals surface area (Å²) in [6, 6.07) is -0.856. The minimum atomic E-state index is -0.975. The zero-order valence-electron chi connectivity index (χ0n) is 12.2. The number of carboxylic acid groups (broad SMARTS) is 1. The molecular weight excluding hydrogens is 276 g/mol. The summed E-state index contributed by atoms with van der Waals surface area (Å²) >= 11 is 0. The number of hydrogen-bond acceptors (Lipinski definition) is 4. The van der Waals surface area contributed by atoms with Crippen molar-refractivity contribution in [2.75, 3.05) is 7.05 Å². The Morgan fingerprint density at radius 1 is 1.29 bits per heavy atom. The van der Waals surface area contributed by atoms with E-state index >= 15 is 0 Å². The third kappa shape index (κ3) is 2.91. The molecule has 3 amide bonds. The highest BCUT2D eigenvalue weighted by atomic mass is 16.4. The zero-order valence-corrected chi connectivity index (χ0v) is 12.2. The molecule has 116 valence electrons. The van der Waals surface area contributed by atoms with Gasteiger partial charge in [0.05, 0.1) is 18.3 Å². The molecule has 1 aliphatic carbocycles. The van der Waals surface area contributed by atoms with E-state index in [-0.39, 0.29) is 18.2 Å². The largest absolute Gasteiger partial charge is 0.481 e. The fourth-order valence-corrected chi connectivity index (χ4v) is 3.19. The molecule has 2 fully saturated rings. The van der Waals surface area contributed by atoms with E-state index in [2.05, 4.69) is 5.32 Å². The molecule has 1 aliphatic heterocycles. The Hall–Kier alpha value is -1.92. The van der Waals surface area contributed by atoms with Gasteiger partial charge < -0.3 is 10.4 Å². The third-order valence-electron chi connectivity index (χ3n) is 4.59. The van der Waals surface area contributed by atoms with Gasteiger partial charge in [-0.3, -0.25) is 24.1 Å². The van der Waals surface area contributed by atoms with Crippen LogP contribution >= 0.6 is 0 Å². The fraction of sp³-hybridized carbons (Fsp3) is 0.714. The molecule has 0 aromatic heterocycles. The lowest BCUT2D eigenvalue weighted by atomic mass is 9.95. The van der Waals surface area contributed by atoms with Crippen LogP contribution in [0.2, 0.25) is 0 Å². The lowest BCUT2D eigenvalue weighted by Crippen LogP contribution is -2.44. The van der Waals surface area contributed by atoms with Crippen molar-refractivity contribution in [1.82, 2.24) is 10.2 Å². The van der Waals surface area contributed by atoms with Gasteiger partial charge in [-0.05, 0) is 18.8 Å². The molecule has 0 radical (unpaired) electrons. The predicted molar refractivity (Wildman–Crippen MR) is 72.0 cm³/mol. The van der Waals surface area contributed by atoms with Gasteiger partial charge in [-0.15, -0.1) is 0 Å². The van der Waals surface area contributed by atoms with Gasteiger partial charge in [0.25, 0.3) is 5.91 Å². The SMILES string of the molecule is CCC1C[C@H](C(=O)NC2CC(=O)N(C)C2=O)[C@H](C(=O)O)C1. The topological polar surface area (TPSA) is 104 Å². The summed E-state index contributed by atoms with van der Waals surface area (Å²) in [5.74, 6) is -3.30. The molecule has 0 bridgehead atoms. The average molecular weight is 296 g/mol.